The van der Waals surface area contributed by atoms with Gasteiger partial charge in [0.2, 0.25) is 0 Å². The van der Waals surface area contributed by atoms with Crippen molar-refractivity contribution in [2.45, 2.75) is 5.16 Å². The number of hydrogen-bond donors (Lipinski definition) is 1. The molecule has 0 atom stereocenters. The van der Waals surface area contributed by atoms with Gasteiger partial charge in [0.15, 0.2) is 16.6 Å². The molecule has 0 spiro atoms. The first-order valence-corrected chi connectivity index (χ1v) is 10.8. The Hall–Kier alpha value is -2.13. The van der Waals surface area contributed by atoms with Crippen molar-refractivity contribution < 1.29 is 4.79 Å². The Kier molecular flexibility index (Phi) is 5.78. The van der Waals surface area contributed by atoms with Gasteiger partial charge in [0, 0.05) is 10.0 Å². The maximum atomic E-state index is 13.0. The number of carbonyl (C=O) groups is 1. The van der Waals surface area contributed by atoms with Crippen LogP contribution in [0.15, 0.2) is 63.1 Å². The van der Waals surface area contributed by atoms with E-state index < -0.39 is 0 Å². The van der Waals surface area contributed by atoms with E-state index in [1.54, 1.807) is 24.3 Å². The van der Waals surface area contributed by atoms with Crippen LogP contribution < -0.4 is 5.56 Å². The van der Waals surface area contributed by atoms with Crippen LogP contribution in [-0.2, 0) is 0 Å². The molecule has 0 bridgehead atoms. The van der Waals surface area contributed by atoms with E-state index in [0.717, 1.165) is 16.2 Å². The minimum atomic E-state index is -0.268. The number of hydrogen-bond acceptors (Lipinski definition) is 5. The predicted octanol–water partition coefficient (Wildman–Crippen LogP) is 5.15. The molecule has 0 fully saturated rings. The molecule has 4 aromatic rings. The lowest BCUT2D eigenvalue weighted by Gasteiger charge is -2.12. The number of aromatic nitrogens is 4. The fourth-order valence-corrected chi connectivity index (χ4v) is 4.13. The molecule has 146 valence electrons. The summed E-state index contributed by atoms with van der Waals surface area (Å²) < 4.78 is 2.35. The first kappa shape index (κ1) is 20.2. The second kappa shape index (κ2) is 8.31. The SMILES string of the molecule is O=C(CSc1nc2[nH]ncc2c(=O)n1-c1ccc(Br)cc1)c1ccc(Cl)c(Cl)c1. The van der Waals surface area contributed by atoms with E-state index in [1.165, 1.54) is 16.8 Å². The van der Waals surface area contributed by atoms with Crippen LogP contribution in [0.4, 0.5) is 0 Å². The number of ketones is 1. The van der Waals surface area contributed by atoms with Gasteiger partial charge in [0.05, 0.1) is 27.7 Å². The molecular weight excluding hydrogens is 499 g/mol. The lowest BCUT2D eigenvalue weighted by Crippen LogP contribution is -2.21. The molecular formula is C19H11BrCl2N4O2S. The van der Waals surface area contributed by atoms with Crippen molar-refractivity contribution in [2.75, 3.05) is 5.75 Å². The fourth-order valence-electron chi connectivity index (χ4n) is 2.67. The molecule has 0 amide bonds. The fraction of sp³-hybridized carbons (Fsp3) is 0.0526. The van der Waals surface area contributed by atoms with Crippen LogP contribution in [0.5, 0.6) is 0 Å². The minimum Gasteiger partial charge on any atom is -0.293 e. The number of H-pyrrole nitrogens is 1. The number of nitrogens with one attached hydrogen (secondary N) is 1. The van der Waals surface area contributed by atoms with Crippen LogP contribution in [0.3, 0.4) is 0 Å². The van der Waals surface area contributed by atoms with Gasteiger partial charge in [-0.3, -0.25) is 19.3 Å². The molecule has 2 aromatic carbocycles. The van der Waals surface area contributed by atoms with Crippen molar-refractivity contribution in [3.05, 3.63) is 79.1 Å². The van der Waals surface area contributed by atoms with Gasteiger partial charge < -0.3 is 0 Å². The zero-order chi connectivity index (χ0) is 20.5. The molecule has 2 aromatic heterocycles. The zero-order valence-corrected chi connectivity index (χ0v) is 18.4. The summed E-state index contributed by atoms with van der Waals surface area (Å²) in [6.07, 6.45) is 1.44. The number of fused-ring (bicyclic) bond motifs is 1. The lowest BCUT2D eigenvalue weighted by atomic mass is 10.1. The smallest absolute Gasteiger partial charge is 0.269 e. The summed E-state index contributed by atoms with van der Waals surface area (Å²) in [6.45, 7) is 0. The minimum absolute atomic E-state index is 0.0700. The average Bonchev–Trinajstić information content (AvgIpc) is 3.18. The van der Waals surface area contributed by atoms with E-state index in [9.17, 15) is 9.59 Å². The summed E-state index contributed by atoms with van der Waals surface area (Å²) in [5.41, 5.74) is 1.17. The van der Waals surface area contributed by atoms with Gasteiger partial charge in [-0.2, -0.15) is 5.10 Å². The van der Waals surface area contributed by atoms with Crippen molar-refractivity contribution in [2.24, 2.45) is 0 Å². The number of thioether (sulfide) groups is 1. The summed E-state index contributed by atoms with van der Waals surface area (Å²) in [7, 11) is 0. The van der Waals surface area contributed by atoms with Crippen LogP contribution in [0.1, 0.15) is 10.4 Å². The Morgan fingerprint density at radius 2 is 1.90 bits per heavy atom. The Balaban J connectivity index is 1.71. The second-order valence-electron chi connectivity index (χ2n) is 5.98. The van der Waals surface area contributed by atoms with Crippen molar-refractivity contribution in [1.82, 2.24) is 19.7 Å². The molecule has 0 radical (unpaired) electrons. The highest BCUT2D eigenvalue weighted by molar-refractivity contribution is 9.10. The number of aromatic amines is 1. The van der Waals surface area contributed by atoms with Crippen LogP contribution in [-0.4, -0.2) is 31.3 Å². The number of Topliss-reactive ketones (excluding diaryl/α,β-unsaturated/α-hetero) is 1. The van der Waals surface area contributed by atoms with Crippen molar-refractivity contribution in [3.63, 3.8) is 0 Å². The summed E-state index contributed by atoms with van der Waals surface area (Å²) >= 11 is 16.5. The quantitative estimate of drug-likeness (QED) is 0.228. The van der Waals surface area contributed by atoms with E-state index in [4.69, 9.17) is 23.2 Å². The van der Waals surface area contributed by atoms with Gasteiger partial charge in [0.1, 0.15) is 5.39 Å². The van der Waals surface area contributed by atoms with Crippen molar-refractivity contribution in [3.8, 4) is 5.69 Å². The predicted molar refractivity (Wildman–Crippen MR) is 119 cm³/mol. The highest BCUT2D eigenvalue weighted by Gasteiger charge is 2.17. The molecule has 0 aliphatic carbocycles. The first-order valence-electron chi connectivity index (χ1n) is 8.27. The Morgan fingerprint density at radius 3 is 2.62 bits per heavy atom. The molecule has 0 aliphatic heterocycles. The van der Waals surface area contributed by atoms with E-state index in [2.05, 4.69) is 31.1 Å². The number of nitrogens with zero attached hydrogens (tertiary/aromatic N) is 3. The molecule has 1 N–H and O–H groups in total. The van der Waals surface area contributed by atoms with Gasteiger partial charge >= 0.3 is 0 Å². The summed E-state index contributed by atoms with van der Waals surface area (Å²) in [5, 5.41) is 8.05. The third kappa shape index (κ3) is 4.11. The number of halogens is 3. The van der Waals surface area contributed by atoms with Crippen LogP contribution >= 0.6 is 50.9 Å². The molecule has 0 unspecified atom stereocenters. The molecule has 0 aliphatic rings. The standard InChI is InChI=1S/C19H11BrCl2N4O2S/c20-11-2-4-12(5-3-11)26-18(28)13-8-23-25-17(13)24-19(26)29-9-16(27)10-1-6-14(21)15(22)7-10/h1-8H,9H2,(H,23,25). The number of benzene rings is 2. The maximum absolute atomic E-state index is 13.0. The molecule has 0 saturated heterocycles. The van der Waals surface area contributed by atoms with Crippen LogP contribution in [0.25, 0.3) is 16.7 Å². The number of carbonyl (C=O) groups excluding carboxylic acids is 1. The maximum Gasteiger partial charge on any atom is 0.269 e. The average molecular weight is 510 g/mol. The molecule has 10 heteroatoms. The zero-order valence-electron chi connectivity index (χ0n) is 14.5. The monoisotopic (exact) mass is 508 g/mol. The Morgan fingerprint density at radius 1 is 1.14 bits per heavy atom. The summed E-state index contributed by atoms with van der Waals surface area (Å²) in [4.78, 5) is 30.1. The van der Waals surface area contributed by atoms with Crippen molar-refractivity contribution >= 4 is 67.7 Å². The van der Waals surface area contributed by atoms with Gasteiger partial charge in [-0.05, 0) is 42.5 Å². The van der Waals surface area contributed by atoms with Crippen molar-refractivity contribution in [1.29, 1.82) is 0 Å². The van der Waals surface area contributed by atoms with Crippen LogP contribution in [0, 0.1) is 0 Å². The number of rotatable bonds is 5. The van der Waals surface area contributed by atoms with Crippen LogP contribution in [0.2, 0.25) is 10.0 Å². The Bertz CT molecular complexity index is 1290. The lowest BCUT2D eigenvalue weighted by molar-refractivity contribution is 0.102. The summed E-state index contributed by atoms with van der Waals surface area (Å²) in [6, 6.07) is 12.0. The molecule has 6 nitrogen and oxygen atoms in total. The highest BCUT2D eigenvalue weighted by Crippen LogP contribution is 2.25. The molecule has 4 rings (SSSR count). The van der Waals surface area contributed by atoms with Gasteiger partial charge in [-0.1, -0.05) is 50.9 Å². The molecule has 29 heavy (non-hydrogen) atoms. The van der Waals surface area contributed by atoms with E-state index in [-0.39, 0.29) is 17.1 Å². The topological polar surface area (TPSA) is 80.6 Å². The van der Waals surface area contributed by atoms with E-state index >= 15 is 0 Å². The largest absolute Gasteiger partial charge is 0.293 e. The Labute approximate surface area is 187 Å². The molecule has 0 saturated carbocycles. The third-order valence-corrected chi connectivity index (χ3v) is 6.32. The summed E-state index contributed by atoms with van der Waals surface area (Å²) in [5.74, 6) is -0.0875. The van der Waals surface area contributed by atoms with E-state index in [1.807, 2.05) is 12.1 Å². The normalized spacial score (nSPS) is 11.1. The van der Waals surface area contributed by atoms with Gasteiger partial charge in [0.25, 0.3) is 5.56 Å². The van der Waals surface area contributed by atoms with E-state index in [0.29, 0.717) is 37.5 Å². The van der Waals surface area contributed by atoms with Gasteiger partial charge in [-0.25, -0.2) is 4.98 Å². The second-order valence-corrected chi connectivity index (χ2v) is 8.66. The first-order chi connectivity index (χ1) is 13.9. The third-order valence-electron chi connectivity index (χ3n) is 4.11. The molecule has 2 heterocycles. The van der Waals surface area contributed by atoms with Gasteiger partial charge in [-0.15, -0.1) is 0 Å². The highest BCUT2D eigenvalue weighted by atomic mass is 79.9.